The molecule has 1 heterocycles. The number of nitrogens with one attached hydrogen (secondary N) is 2. The van der Waals surface area contributed by atoms with E-state index in [4.69, 9.17) is 0 Å². The summed E-state index contributed by atoms with van der Waals surface area (Å²) < 4.78 is 13.3. The number of anilines is 1. The minimum atomic E-state index is -0.457. The molecule has 0 fully saturated rings. The molecule has 100 valence electrons. The number of halogens is 1. The monoisotopic (exact) mass is 262 g/mol. The Hall–Kier alpha value is -2.24. The van der Waals surface area contributed by atoms with E-state index in [0.717, 1.165) is 12.8 Å². The Morgan fingerprint density at radius 1 is 1.47 bits per heavy atom. The van der Waals surface area contributed by atoms with Gasteiger partial charge in [0.25, 0.3) is 5.91 Å². The summed E-state index contributed by atoms with van der Waals surface area (Å²) in [5.74, 6) is -0.0894. The third-order valence-electron chi connectivity index (χ3n) is 2.65. The number of benzene rings is 1. The Kier molecular flexibility index (Phi) is 3.89. The normalized spacial score (nSPS) is 10.5. The number of rotatable bonds is 4. The van der Waals surface area contributed by atoms with Gasteiger partial charge in [0.15, 0.2) is 0 Å². The molecular formula is C13H15FN4O. The van der Waals surface area contributed by atoms with Gasteiger partial charge >= 0.3 is 0 Å². The van der Waals surface area contributed by atoms with Crippen molar-refractivity contribution in [1.82, 2.24) is 15.2 Å². The predicted octanol–water partition coefficient (Wildman–Crippen LogP) is 2.46. The van der Waals surface area contributed by atoms with E-state index in [1.54, 1.807) is 19.1 Å². The van der Waals surface area contributed by atoms with E-state index < -0.39 is 5.91 Å². The minimum absolute atomic E-state index is 0.0597. The predicted molar refractivity (Wildman–Crippen MR) is 69.5 cm³/mol. The van der Waals surface area contributed by atoms with Crippen LogP contribution in [0.1, 0.15) is 35.4 Å². The van der Waals surface area contributed by atoms with Crippen LogP contribution >= 0.6 is 0 Å². The molecule has 2 aromatic rings. The van der Waals surface area contributed by atoms with Crippen LogP contribution in [0.25, 0.3) is 0 Å². The first-order chi connectivity index (χ1) is 9.10. The summed E-state index contributed by atoms with van der Waals surface area (Å²) in [6.07, 6.45) is 1.65. The number of amides is 1. The first-order valence-corrected chi connectivity index (χ1v) is 6.09. The summed E-state index contributed by atoms with van der Waals surface area (Å²) >= 11 is 0. The second kappa shape index (κ2) is 5.60. The minimum Gasteiger partial charge on any atom is -0.319 e. The van der Waals surface area contributed by atoms with Gasteiger partial charge in [-0.05, 0) is 31.0 Å². The summed E-state index contributed by atoms with van der Waals surface area (Å²) in [4.78, 5) is 15.9. The van der Waals surface area contributed by atoms with Crippen LogP contribution in [0.5, 0.6) is 0 Å². The lowest BCUT2D eigenvalue weighted by Gasteiger charge is -2.03. The molecule has 5 nitrogen and oxygen atoms in total. The zero-order chi connectivity index (χ0) is 13.8. The molecule has 2 rings (SSSR count). The number of carbonyl (C=O) groups is 1. The summed E-state index contributed by atoms with van der Waals surface area (Å²) in [6, 6.07) is 4.51. The molecule has 0 bridgehead atoms. The van der Waals surface area contributed by atoms with Crippen LogP contribution in [0.3, 0.4) is 0 Å². The molecule has 1 aromatic heterocycles. The molecule has 0 saturated heterocycles. The lowest BCUT2D eigenvalue weighted by Crippen LogP contribution is -2.14. The third kappa shape index (κ3) is 3.15. The van der Waals surface area contributed by atoms with Gasteiger partial charge in [0.2, 0.25) is 5.82 Å². The first kappa shape index (κ1) is 13.2. The fourth-order valence-electron chi connectivity index (χ4n) is 1.60. The molecular weight excluding hydrogens is 247 g/mol. The van der Waals surface area contributed by atoms with Gasteiger partial charge in [-0.25, -0.2) is 9.37 Å². The number of aromatic amines is 1. The molecule has 0 saturated carbocycles. The Morgan fingerprint density at radius 3 is 2.95 bits per heavy atom. The number of H-pyrrole nitrogens is 1. The fraction of sp³-hybridized carbons (Fsp3) is 0.308. The Morgan fingerprint density at radius 2 is 2.26 bits per heavy atom. The molecule has 0 unspecified atom stereocenters. The SMILES string of the molecule is CCCc1nc(C(=O)Nc2ccc(C)c(F)c2)n[nH]1. The maximum Gasteiger partial charge on any atom is 0.295 e. The number of hydrogen-bond donors (Lipinski definition) is 2. The molecule has 0 spiro atoms. The van der Waals surface area contributed by atoms with Crippen LogP contribution in [0, 0.1) is 12.7 Å². The quantitative estimate of drug-likeness (QED) is 0.889. The van der Waals surface area contributed by atoms with Crippen LogP contribution < -0.4 is 5.32 Å². The second-order valence-electron chi connectivity index (χ2n) is 4.27. The summed E-state index contributed by atoms with van der Waals surface area (Å²) in [7, 11) is 0. The molecule has 0 aliphatic heterocycles. The summed E-state index contributed by atoms with van der Waals surface area (Å²) in [5.41, 5.74) is 0.913. The summed E-state index contributed by atoms with van der Waals surface area (Å²) in [5, 5.41) is 9.08. The third-order valence-corrected chi connectivity index (χ3v) is 2.65. The molecule has 0 radical (unpaired) electrons. The number of carbonyl (C=O) groups excluding carboxylic acids is 1. The van der Waals surface area contributed by atoms with Gasteiger partial charge in [0.1, 0.15) is 11.6 Å². The second-order valence-corrected chi connectivity index (χ2v) is 4.27. The first-order valence-electron chi connectivity index (χ1n) is 6.09. The van der Waals surface area contributed by atoms with E-state index in [0.29, 0.717) is 17.1 Å². The van der Waals surface area contributed by atoms with Crippen molar-refractivity contribution in [2.45, 2.75) is 26.7 Å². The van der Waals surface area contributed by atoms with Gasteiger partial charge in [-0.3, -0.25) is 9.89 Å². The lowest BCUT2D eigenvalue weighted by molar-refractivity contribution is 0.101. The highest BCUT2D eigenvalue weighted by molar-refractivity contribution is 6.01. The standard InChI is InChI=1S/C13H15FN4O/c1-3-4-11-16-12(18-17-11)13(19)15-9-6-5-8(2)10(14)7-9/h5-7H,3-4H2,1-2H3,(H,15,19)(H,16,17,18). The van der Waals surface area contributed by atoms with Crippen LogP contribution in [0.15, 0.2) is 18.2 Å². The van der Waals surface area contributed by atoms with Gasteiger partial charge in [-0.2, -0.15) is 0 Å². The van der Waals surface area contributed by atoms with E-state index >= 15 is 0 Å². The smallest absolute Gasteiger partial charge is 0.295 e. The maximum atomic E-state index is 13.3. The zero-order valence-corrected chi connectivity index (χ0v) is 10.8. The largest absolute Gasteiger partial charge is 0.319 e. The molecule has 6 heteroatoms. The van der Waals surface area contributed by atoms with Gasteiger partial charge < -0.3 is 5.32 Å². The van der Waals surface area contributed by atoms with Crippen molar-refractivity contribution in [2.75, 3.05) is 5.32 Å². The van der Waals surface area contributed by atoms with Gasteiger partial charge in [0.05, 0.1) is 0 Å². The van der Waals surface area contributed by atoms with Crippen LogP contribution in [0.2, 0.25) is 0 Å². The van der Waals surface area contributed by atoms with Crippen molar-refractivity contribution in [3.8, 4) is 0 Å². The highest BCUT2D eigenvalue weighted by atomic mass is 19.1. The average Bonchev–Trinajstić information content (AvgIpc) is 2.83. The topological polar surface area (TPSA) is 70.7 Å². The van der Waals surface area contributed by atoms with Crippen molar-refractivity contribution in [1.29, 1.82) is 0 Å². The Bertz CT molecular complexity index is 594. The molecule has 0 aliphatic rings. The van der Waals surface area contributed by atoms with E-state index in [9.17, 15) is 9.18 Å². The van der Waals surface area contributed by atoms with Gasteiger partial charge in [-0.15, -0.1) is 5.10 Å². The van der Waals surface area contributed by atoms with Crippen LogP contribution in [-0.4, -0.2) is 21.1 Å². The van der Waals surface area contributed by atoms with Gasteiger partial charge in [0, 0.05) is 12.1 Å². The number of aryl methyl sites for hydroxylation is 2. The van der Waals surface area contributed by atoms with Crippen LogP contribution in [0.4, 0.5) is 10.1 Å². The molecule has 0 aliphatic carbocycles. The fourth-order valence-corrected chi connectivity index (χ4v) is 1.60. The molecule has 0 atom stereocenters. The molecule has 2 N–H and O–H groups in total. The molecule has 1 aromatic carbocycles. The van der Waals surface area contributed by atoms with Crippen LogP contribution in [-0.2, 0) is 6.42 Å². The number of aromatic nitrogens is 3. The number of nitrogens with zero attached hydrogens (tertiary/aromatic N) is 2. The summed E-state index contributed by atoms with van der Waals surface area (Å²) in [6.45, 7) is 3.67. The van der Waals surface area contributed by atoms with Gasteiger partial charge in [-0.1, -0.05) is 13.0 Å². The van der Waals surface area contributed by atoms with E-state index in [-0.39, 0.29) is 11.6 Å². The van der Waals surface area contributed by atoms with E-state index in [1.807, 2.05) is 6.92 Å². The van der Waals surface area contributed by atoms with Crippen molar-refractivity contribution in [2.24, 2.45) is 0 Å². The Balaban J connectivity index is 2.09. The zero-order valence-electron chi connectivity index (χ0n) is 10.8. The van der Waals surface area contributed by atoms with E-state index in [2.05, 4.69) is 20.5 Å². The van der Waals surface area contributed by atoms with Crippen molar-refractivity contribution in [3.05, 3.63) is 41.2 Å². The van der Waals surface area contributed by atoms with E-state index in [1.165, 1.54) is 6.07 Å². The highest BCUT2D eigenvalue weighted by Crippen LogP contribution is 2.14. The molecule has 19 heavy (non-hydrogen) atoms. The van der Waals surface area contributed by atoms with Crippen molar-refractivity contribution >= 4 is 11.6 Å². The van der Waals surface area contributed by atoms with Crippen molar-refractivity contribution in [3.63, 3.8) is 0 Å². The lowest BCUT2D eigenvalue weighted by atomic mass is 10.2. The van der Waals surface area contributed by atoms with Crippen molar-refractivity contribution < 1.29 is 9.18 Å². The number of hydrogen-bond acceptors (Lipinski definition) is 3. The average molecular weight is 262 g/mol. The molecule has 1 amide bonds. The Labute approximate surface area is 110 Å². The highest BCUT2D eigenvalue weighted by Gasteiger charge is 2.12. The maximum absolute atomic E-state index is 13.3.